The molecule has 0 spiro atoms. The summed E-state index contributed by atoms with van der Waals surface area (Å²) in [6.07, 6.45) is 5.10. The lowest BCUT2D eigenvalue weighted by Crippen LogP contribution is -2.41. The third kappa shape index (κ3) is 2.96. The lowest BCUT2D eigenvalue weighted by atomic mass is 9.61. The van der Waals surface area contributed by atoms with Crippen molar-refractivity contribution >= 4 is 0 Å². The van der Waals surface area contributed by atoms with Gasteiger partial charge in [0.05, 0.1) is 0 Å². The van der Waals surface area contributed by atoms with Crippen LogP contribution in [-0.2, 0) is 0 Å². The molecule has 15 heavy (non-hydrogen) atoms. The topological polar surface area (TPSA) is 26.0 Å². The van der Waals surface area contributed by atoms with Gasteiger partial charge in [-0.05, 0) is 42.4 Å². The molecule has 3 atom stereocenters. The Kier molecular flexibility index (Phi) is 4.22. The number of hydrogen-bond acceptors (Lipinski definition) is 1. The largest absolute Gasteiger partial charge is 0.328 e. The summed E-state index contributed by atoms with van der Waals surface area (Å²) < 4.78 is 0. The van der Waals surface area contributed by atoms with Crippen molar-refractivity contribution in [3.8, 4) is 0 Å². The minimum Gasteiger partial charge on any atom is -0.328 e. The van der Waals surface area contributed by atoms with Gasteiger partial charge in [0.15, 0.2) is 0 Å². The molecular weight excluding hydrogens is 182 g/mol. The van der Waals surface area contributed by atoms with Crippen molar-refractivity contribution in [3.05, 3.63) is 0 Å². The summed E-state index contributed by atoms with van der Waals surface area (Å²) in [7, 11) is 0. The first-order valence-electron chi connectivity index (χ1n) is 6.64. The zero-order valence-corrected chi connectivity index (χ0v) is 11.2. The lowest BCUT2D eigenvalue weighted by molar-refractivity contribution is 0.0534. The zero-order valence-electron chi connectivity index (χ0n) is 11.2. The van der Waals surface area contributed by atoms with Gasteiger partial charge in [-0.1, -0.05) is 41.0 Å². The van der Waals surface area contributed by atoms with Crippen molar-refractivity contribution in [2.45, 2.75) is 66.3 Å². The van der Waals surface area contributed by atoms with Gasteiger partial charge in [-0.2, -0.15) is 0 Å². The molecule has 2 N–H and O–H groups in total. The molecule has 0 bridgehead atoms. The average molecular weight is 211 g/mol. The zero-order chi connectivity index (χ0) is 11.6. The molecule has 1 nitrogen and oxygen atoms in total. The van der Waals surface area contributed by atoms with Crippen molar-refractivity contribution in [1.29, 1.82) is 0 Å². The van der Waals surface area contributed by atoms with Gasteiger partial charge >= 0.3 is 0 Å². The molecule has 0 aliphatic heterocycles. The Morgan fingerprint density at radius 1 is 1.27 bits per heavy atom. The van der Waals surface area contributed by atoms with E-state index in [1.165, 1.54) is 25.7 Å². The Balaban J connectivity index is 2.77. The molecule has 0 radical (unpaired) electrons. The molecule has 0 amide bonds. The van der Waals surface area contributed by atoms with Gasteiger partial charge < -0.3 is 5.73 Å². The molecule has 3 unspecified atom stereocenters. The van der Waals surface area contributed by atoms with Gasteiger partial charge in [-0.15, -0.1) is 0 Å². The maximum atomic E-state index is 6.11. The maximum absolute atomic E-state index is 6.11. The maximum Gasteiger partial charge on any atom is 0.00417 e. The Bertz CT molecular complexity index is 196. The Morgan fingerprint density at radius 3 is 2.33 bits per heavy atom. The second-order valence-electron chi connectivity index (χ2n) is 6.43. The standard InChI is InChI=1S/C14H29N/c1-6-14(4,5)13-8-7-11(15)9-12(13)10(2)3/h10-13H,6-9,15H2,1-5H3. The smallest absolute Gasteiger partial charge is 0.00417 e. The highest BCUT2D eigenvalue weighted by atomic mass is 14.7. The summed E-state index contributed by atoms with van der Waals surface area (Å²) in [6, 6.07) is 0.460. The molecule has 0 aromatic rings. The van der Waals surface area contributed by atoms with Crippen LogP contribution in [0.15, 0.2) is 0 Å². The first kappa shape index (κ1) is 13.0. The van der Waals surface area contributed by atoms with Crippen LogP contribution in [0.5, 0.6) is 0 Å². The van der Waals surface area contributed by atoms with E-state index in [1.54, 1.807) is 0 Å². The number of hydrogen-bond donors (Lipinski definition) is 1. The van der Waals surface area contributed by atoms with Gasteiger partial charge in [-0.3, -0.25) is 0 Å². The van der Waals surface area contributed by atoms with Crippen LogP contribution < -0.4 is 5.73 Å². The highest BCUT2D eigenvalue weighted by Gasteiger charge is 2.39. The van der Waals surface area contributed by atoms with E-state index in [2.05, 4.69) is 34.6 Å². The normalized spacial score (nSPS) is 33.4. The van der Waals surface area contributed by atoms with Crippen LogP contribution in [0.4, 0.5) is 0 Å². The van der Waals surface area contributed by atoms with E-state index in [1.807, 2.05) is 0 Å². The monoisotopic (exact) mass is 211 g/mol. The number of nitrogens with two attached hydrogens (primary N) is 1. The predicted octanol–water partition coefficient (Wildman–Crippen LogP) is 3.82. The van der Waals surface area contributed by atoms with E-state index in [-0.39, 0.29) is 0 Å². The first-order valence-corrected chi connectivity index (χ1v) is 6.64. The van der Waals surface area contributed by atoms with E-state index in [0.717, 1.165) is 17.8 Å². The molecule has 1 aliphatic rings. The van der Waals surface area contributed by atoms with Gasteiger partial charge in [0.2, 0.25) is 0 Å². The predicted molar refractivity (Wildman–Crippen MR) is 67.7 cm³/mol. The molecule has 0 aromatic heterocycles. The molecule has 1 fully saturated rings. The molecule has 90 valence electrons. The molecule has 1 aliphatic carbocycles. The van der Waals surface area contributed by atoms with E-state index >= 15 is 0 Å². The minimum atomic E-state index is 0.460. The Labute approximate surface area is 95.8 Å². The van der Waals surface area contributed by atoms with Crippen LogP contribution in [0, 0.1) is 23.2 Å². The van der Waals surface area contributed by atoms with E-state index in [0.29, 0.717) is 11.5 Å². The van der Waals surface area contributed by atoms with Crippen LogP contribution in [0.25, 0.3) is 0 Å². The molecule has 0 saturated heterocycles. The first-order chi connectivity index (χ1) is 6.88. The van der Waals surface area contributed by atoms with Crippen LogP contribution in [0.2, 0.25) is 0 Å². The minimum absolute atomic E-state index is 0.460. The van der Waals surface area contributed by atoms with Gasteiger partial charge in [0, 0.05) is 6.04 Å². The molecule has 0 aromatic carbocycles. The van der Waals surface area contributed by atoms with Crippen molar-refractivity contribution < 1.29 is 0 Å². The summed E-state index contributed by atoms with van der Waals surface area (Å²) >= 11 is 0. The summed E-state index contributed by atoms with van der Waals surface area (Å²) in [5.41, 5.74) is 6.60. The van der Waals surface area contributed by atoms with Gasteiger partial charge in [0.25, 0.3) is 0 Å². The van der Waals surface area contributed by atoms with E-state index in [4.69, 9.17) is 5.73 Å². The molecular formula is C14H29N. The van der Waals surface area contributed by atoms with Crippen LogP contribution >= 0.6 is 0 Å². The highest BCUT2D eigenvalue weighted by molar-refractivity contribution is 4.90. The second-order valence-corrected chi connectivity index (χ2v) is 6.43. The summed E-state index contributed by atoms with van der Waals surface area (Å²) in [5.74, 6) is 2.50. The molecule has 1 saturated carbocycles. The average Bonchev–Trinajstić information content (AvgIpc) is 2.17. The van der Waals surface area contributed by atoms with Crippen LogP contribution in [-0.4, -0.2) is 6.04 Å². The summed E-state index contributed by atoms with van der Waals surface area (Å²) in [4.78, 5) is 0. The molecule has 0 heterocycles. The lowest BCUT2D eigenvalue weighted by Gasteiger charge is -2.45. The van der Waals surface area contributed by atoms with Crippen molar-refractivity contribution in [2.24, 2.45) is 28.9 Å². The number of rotatable bonds is 3. The summed E-state index contributed by atoms with van der Waals surface area (Å²) in [5, 5.41) is 0. The van der Waals surface area contributed by atoms with Crippen molar-refractivity contribution in [2.75, 3.05) is 0 Å². The molecule has 1 heteroatoms. The summed E-state index contributed by atoms with van der Waals surface area (Å²) in [6.45, 7) is 11.9. The fraction of sp³-hybridized carbons (Fsp3) is 1.00. The fourth-order valence-electron chi connectivity index (χ4n) is 3.21. The van der Waals surface area contributed by atoms with Crippen LogP contribution in [0.3, 0.4) is 0 Å². The quantitative estimate of drug-likeness (QED) is 0.754. The fourth-order valence-corrected chi connectivity index (χ4v) is 3.21. The van der Waals surface area contributed by atoms with Gasteiger partial charge in [0.1, 0.15) is 0 Å². The third-order valence-corrected chi connectivity index (χ3v) is 4.71. The SMILES string of the molecule is CCC(C)(C)C1CCC(N)CC1C(C)C. The van der Waals surface area contributed by atoms with Crippen molar-refractivity contribution in [3.63, 3.8) is 0 Å². The third-order valence-electron chi connectivity index (χ3n) is 4.71. The molecule has 1 rings (SSSR count). The highest BCUT2D eigenvalue weighted by Crippen LogP contribution is 2.46. The Hall–Kier alpha value is -0.0400. The second kappa shape index (κ2) is 4.86. The van der Waals surface area contributed by atoms with Crippen molar-refractivity contribution in [1.82, 2.24) is 0 Å². The van der Waals surface area contributed by atoms with E-state index in [9.17, 15) is 0 Å². The van der Waals surface area contributed by atoms with Crippen LogP contribution in [0.1, 0.15) is 60.3 Å². The van der Waals surface area contributed by atoms with Gasteiger partial charge in [-0.25, -0.2) is 0 Å². The van der Waals surface area contributed by atoms with E-state index < -0.39 is 0 Å². The Morgan fingerprint density at radius 2 is 1.87 bits per heavy atom.